The van der Waals surface area contributed by atoms with E-state index in [1.807, 2.05) is 49.4 Å². The van der Waals surface area contributed by atoms with Crippen LogP contribution in [0.15, 0.2) is 77.7 Å². The summed E-state index contributed by atoms with van der Waals surface area (Å²) in [5.74, 6) is -0.169. The van der Waals surface area contributed by atoms with Crippen LogP contribution in [0, 0.1) is 6.92 Å². The van der Waals surface area contributed by atoms with E-state index < -0.39 is 0 Å². The van der Waals surface area contributed by atoms with Crippen LogP contribution in [0.4, 0.5) is 17.2 Å². The molecular weight excluding hydrogens is 580 g/mol. The molecule has 46 heavy (non-hydrogen) atoms. The van der Waals surface area contributed by atoms with Gasteiger partial charge in [0.2, 0.25) is 5.91 Å². The van der Waals surface area contributed by atoms with Gasteiger partial charge < -0.3 is 25.0 Å². The molecule has 0 spiro atoms. The Morgan fingerprint density at radius 2 is 1.43 bits per heavy atom. The lowest BCUT2D eigenvalue weighted by Gasteiger charge is -2.34. The summed E-state index contributed by atoms with van der Waals surface area (Å²) in [5.41, 5.74) is 5.31. The highest BCUT2D eigenvalue weighted by molar-refractivity contribution is 6.05. The van der Waals surface area contributed by atoms with Gasteiger partial charge in [-0.15, -0.1) is 0 Å². The summed E-state index contributed by atoms with van der Waals surface area (Å²) in [5, 5.41) is 6.13. The molecule has 1 aliphatic heterocycles. The Bertz CT molecular complexity index is 1830. The molecule has 3 amide bonds. The van der Waals surface area contributed by atoms with Gasteiger partial charge in [0.25, 0.3) is 17.4 Å². The van der Waals surface area contributed by atoms with Crippen LogP contribution in [-0.4, -0.2) is 63.3 Å². The number of rotatable bonds is 6. The number of nitrogens with zero attached hydrogens (tertiary/aromatic N) is 4. The summed E-state index contributed by atoms with van der Waals surface area (Å²) in [6, 6.07) is 20.1. The highest BCUT2D eigenvalue weighted by Gasteiger charge is 2.23. The Kier molecular flexibility index (Phi) is 9.09. The number of anilines is 3. The van der Waals surface area contributed by atoms with E-state index in [-0.39, 0.29) is 34.5 Å². The predicted octanol–water partition coefficient (Wildman–Crippen LogP) is 5.35. The molecule has 238 valence electrons. The topological polar surface area (TPSA) is 117 Å². The normalized spacial score (nSPS) is 13.3. The van der Waals surface area contributed by atoms with Crippen LogP contribution >= 0.6 is 0 Å². The first-order valence-electron chi connectivity index (χ1n) is 15.3. The number of hydrogen-bond donors (Lipinski definition) is 2. The first-order chi connectivity index (χ1) is 21.8. The molecule has 10 nitrogen and oxygen atoms in total. The van der Waals surface area contributed by atoms with E-state index in [2.05, 4.69) is 36.4 Å². The van der Waals surface area contributed by atoms with Gasteiger partial charge in [-0.05, 0) is 65.9 Å². The van der Waals surface area contributed by atoms with Crippen molar-refractivity contribution in [2.45, 2.75) is 40.0 Å². The Hall–Kier alpha value is -5.25. The zero-order valence-corrected chi connectivity index (χ0v) is 27.2. The van der Waals surface area contributed by atoms with Crippen molar-refractivity contribution in [3.63, 3.8) is 0 Å². The molecule has 10 heteroatoms. The van der Waals surface area contributed by atoms with E-state index in [4.69, 9.17) is 0 Å². The fourth-order valence-electron chi connectivity index (χ4n) is 5.42. The summed E-state index contributed by atoms with van der Waals surface area (Å²) >= 11 is 0. The van der Waals surface area contributed by atoms with Gasteiger partial charge >= 0.3 is 0 Å². The predicted molar refractivity (Wildman–Crippen MR) is 181 cm³/mol. The first-order valence-corrected chi connectivity index (χ1v) is 15.3. The molecule has 0 unspecified atom stereocenters. The Morgan fingerprint density at radius 1 is 0.826 bits per heavy atom. The second-order valence-corrected chi connectivity index (χ2v) is 12.7. The number of piperazine rings is 1. The highest BCUT2D eigenvalue weighted by Crippen LogP contribution is 2.29. The van der Waals surface area contributed by atoms with Crippen LogP contribution in [0.25, 0.3) is 11.3 Å². The van der Waals surface area contributed by atoms with Crippen LogP contribution in [0.5, 0.6) is 0 Å². The largest absolute Gasteiger partial charge is 0.339 e. The third kappa shape index (κ3) is 7.01. The SMILES string of the molecule is CC(=O)N1CCN(C(=O)c2ccc(Nc3nc(-c4cccc(NC(=O)c5ccc(C(C)(C)C)cc5)c4C)cn(C)c3=O)cc2)CC1. The standard InChI is InChI=1S/C36H40N6O4/c1-23-29(8-7-9-30(23)39-33(44)25-10-14-27(15-11-25)36(3,4)5)31-22-40(6)35(46)32(38-31)37-28-16-12-26(13-17-28)34(45)42-20-18-41(19-21-42)24(2)43/h7-17,22H,18-21H2,1-6H3,(H,37,38)(H,39,44). The summed E-state index contributed by atoms with van der Waals surface area (Å²) in [6.07, 6.45) is 1.67. The quantitative estimate of drug-likeness (QED) is 0.300. The average Bonchev–Trinajstić information content (AvgIpc) is 3.04. The molecule has 4 aromatic rings. The van der Waals surface area contributed by atoms with Crippen molar-refractivity contribution in [3.05, 3.63) is 106 Å². The average molecular weight is 621 g/mol. The number of nitrogens with one attached hydrogen (secondary N) is 2. The molecular formula is C36H40N6O4. The number of aromatic nitrogens is 2. The van der Waals surface area contributed by atoms with Crippen LogP contribution in [0.3, 0.4) is 0 Å². The molecule has 1 aromatic heterocycles. The van der Waals surface area contributed by atoms with Crippen LogP contribution in [0.2, 0.25) is 0 Å². The number of aryl methyl sites for hydroxylation is 1. The van der Waals surface area contributed by atoms with Crippen LogP contribution < -0.4 is 16.2 Å². The Labute approximate surface area is 269 Å². The minimum atomic E-state index is -0.312. The van der Waals surface area contributed by atoms with Gasteiger partial charge in [0.1, 0.15) is 0 Å². The second kappa shape index (κ2) is 13.0. The van der Waals surface area contributed by atoms with Gasteiger partial charge in [-0.2, -0.15) is 0 Å². The van der Waals surface area contributed by atoms with Crippen LogP contribution in [-0.2, 0) is 17.3 Å². The van der Waals surface area contributed by atoms with E-state index in [1.54, 1.807) is 47.3 Å². The molecule has 1 fully saturated rings. The zero-order chi connectivity index (χ0) is 33.2. The fraction of sp³-hybridized carbons (Fsp3) is 0.306. The molecule has 0 bridgehead atoms. The fourth-order valence-corrected chi connectivity index (χ4v) is 5.42. The van der Waals surface area contributed by atoms with E-state index in [9.17, 15) is 19.2 Å². The smallest absolute Gasteiger partial charge is 0.293 e. The maximum Gasteiger partial charge on any atom is 0.293 e. The minimum absolute atomic E-state index is 0.00635. The maximum absolute atomic E-state index is 13.1. The monoisotopic (exact) mass is 620 g/mol. The van der Waals surface area contributed by atoms with Gasteiger partial charge in [-0.1, -0.05) is 45.0 Å². The van der Waals surface area contributed by atoms with Crippen molar-refractivity contribution in [2.24, 2.45) is 7.05 Å². The van der Waals surface area contributed by atoms with Gasteiger partial charge in [0.05, 0.1) is 5.69 Å². The van der Waals surface area contributed by atoms with E-state index in [0.29, 0.717) is 54.4 Å². The van der Waals surface area contributed by atoms with Crippen LogP contribution in [0.1, 0.15) is 59.5 Å². The summed E-state index contributed by atoms with van der Waals surface area (Å²) in [6.45, 7) is 11.8. The Balaban J connectivity index is 1.32. The summed E-state index contributed by atoms with van der Waals surface area (Å²) < 4.78 is 1.46. The Morgan fingerprint density at radius 3 is 2.04 bits per heavy atom. The van der Waals surface area contributed by atoms with Crippen molar-refractivity contribution in [3.8, 4) is 11.3 Å². The van der Waals surface area contributed by atoms with E-state index in [0.717, 1.165) is 16.7 Å². The van der Waals surface area contributed by atoms with Crippen molar-refractivity contribution < 1.29 is 14.4 Å². The zero-order valence-electron chi connectivity index (χ0n) is 27.2. The molecule has 2 N–H and O–H groups in total. The molecule has 1 saturated heterocycles. The number of carbonyl (C=O) groups is 3. The minimum Gasteiger partial charge on any atom is -0.339 e. The number of benzene rings is 3. The molecule has 3 aromatic carbocycles. The molecule has 5 rings (SSSR count). The lowest BCUT2D eigenvalue weighted by Crippen LogP contribution is -2.50. The van der Waals surface area contributed by atoms with Gasteiger partial charge in [0, 0.05) is 74.4 Å². The van der Waals surface area contributed by atoms with Gasteiger partial charge in [0.15, 0.2) is 5.82 Å². The van der Waals surface area contributed by atoms with Gasteiger partial charge in [-0.3, -0.25) is 19.2 Å². The molecule has 2 heterocycles. The lowest BCUT2D eigenvalue weighted by atomic mass is 9.86. The van der Waals surface area contributed by atoms with Crippen molar-refractivity contribution in [1.82, 2.24) is 19.4 Å². The molecule has 0 atom stereocenters. The number of amides is 3. The molecule has 0 aliphatic carbocycles. The number of hydrogen-bond acceptors (Lipinski definition) is 6. The third-order valence-electron chi connectivity index (χ3n) is 8.35. The molecule has 0 saturated carbocycles. The molecule has 0 radical (unpaired) electrons. The van der Waals surface area contributed by atoms with Crippen molar-refractivity contribution in [1.29, 1.82) is 0 Å². The second-order valence-electron chi connectivity index (χ2n) is 12.7. The summed E-state index contributed by atoms with van der Waals surface area (Å²) in [7, 11) is 1.66. The molecule has 1 aliphatic rings. The number of carbonyl (C=O) groups excluding carboxylic acids is 3. The lowest BCUT2D eigenvalue weighted by molar-refractivity contribution is -0.130. The van der Waals surface area contributed by atoms with Crippen molar-refractivity contribution in [2.75, 3.05) is 36.8 Å². The third-order valence-corrected chi connectivity index (χ3v) is 8.35. The van der Waals surface area contributed by atoms with Crippen molar-refractivity contribution >= 4 is 34.9 Å². The van der Waals surface area contributed by atoms with E-state index in [1.165, 1.54) is 11.5 Å². The summed E-state index contributed by atoms with van der Waals surface area (Å²) in [4.78, 5) is 58.9. The van der Waals surface area contributed by atoms with E-state index >= 15 is 0 Å². The van der Waals surface area contributed by atoms with Gasteiger partial charge in [-0.25, -0.2) is 4.98 Å². The first kappa shape index (κ1) is 32.2. The highest BCUT2D eigenvalue weighted by atomic mass is 16.2. The maximum atomic E-state index is 13.1.